The Balaban J connectivity index is 1.40. The minimum atomic E-state index is -0.252. The zero-order valence-corrected chi connectivity index (χ0v) is 17.9. The van der Waals surface area contributed by atoms with Crippen LogP contribution in [0.15, 0.2) is 51.8 Å². The molecule has 2 fully saturated rings. The predicted molar refractivity (Wildman–Crippen MR) is 117 cm³/mol. The van der Waals surface area contributed by atoms with E-state index >= 15 is 0 Å². The molecule has 0 bridgehead atoms. The summed E-state index contributed by atoms with van der Waals surface area (Å²) in [5.74, 6) is 0.192. The number of aliphatic hydroxyl groups excluding tert-OH is 1. The third kappa shape index (κ3) is 4.08. The molecule has 2 aromatic rings. The Labute approximate surface area is 181 Å². The Hall–Kier alpha value is -1.69. The van der Waals surface area contributed by atoms with Crippen LogP contribution in [0.2, 0.25) is 0 Å². The number of likely N-dealkylation sites (tertiary alicyclic amines) is 1. The number of fused-ring (bicyclic) bond motifs is 2. The molecule has 30 heavy (non-hydrogen) atoms. The molecule has 5 rings (SSSR count). The van der Waals surface area contributed by atoms with Crippen LogP contribution in [0.4, 0.5) is 8.78 Å². The summed E-state index contributed by atoms with van der Waals surface area (Å²) in [5.41, 5.74) is 4.72. The maximum atomic E-state index is 13.9. The fourth-order valence-electron chi connectivity index (χ4n) is 5.17. The van der Waals surface area contributed by atoms with Crippen molar-refractivity contribution in [1.82, 2.24) is 4.90 Å². The van der Waals surface area contributed by atoms with Gasteiger partial charge in [0.1, 0.15) is 11.6 Å². The van der Waals surface area contributed by atoms with E-state index in [0.29, 0.717) is 5.92 Å². The number of nitrogens with zero attached hydrogens (tertiary/aromatic N) is 1. The maximum Gasteiger partial charge on any atom is 0.124 e. The van der Waals surface area contributed by atoms with Crippen molar-refractivity contribution in [2.75, 3.05) is 19.6 Å². The van der Waals surface area contributed by atoms with Crippen molar-refractivity contribution < 1.29 is 13.9 Å². The van der Waals surface area contributed by atoms with Gasteiger partial charge in [-0.1, -0.05) is 29.5 Å². The van der Waals surface area contributed by atoms with Crippen LogP contribution in [0.5, 0.6) is 0 Å². The summed E-state index contributed by atoms with van der Waals surface area (Å²) in [4.78, 5) is 4.30. The second-order valence-corrected chi connectivity index (χ2v) is 9.92. The monoisotopic (exact) mass is 427 g/mol. The Morgan fingerprint density at radius 3 is 2.00 bits per heavy atom. The molecule has 1 saturated heterocycles. The van der Waals surface area contributed by atoms with Crippen molar-refractivity contribution in [2.24, 2.45) is 5.92 Å². The number of rotatable bonds is 2. The van der Waals surface area contributed by atoms with Crippen molar-refractivity contribution in [2.45, 2.75) is 54.4 Å². The normalized spacial score (nSPS) is 24.5. The number of hydrogen-bond acceptors (Lipinski definition) is 3. The lowest BCUT2D eigenvalue weighted by atomic mass is 9.85. The van der Waals surface area contributed by atoms with Crippen molar-refractivity contribution in [3.63, 3.8) is 0 Å². The molecule has 3 aliphatic rings. The van der Waals surface area contributed by atoms with Gasteiger partial charge in [-0.25, -0.2) is 8.78 Å². The van der Waals surface area contributed by atoms with Crippen LogP contribution < -0.4 is 0 Å². The molecule has 0 amide bonds. The van der Waals surface area contributed by atoms with Gasteiger partial charge in [-0.3, -0.25) is 0 Å². The SMILES string of the molecule is O[C@H]1CC[C@H](CN2CCC(=C3c4ccc(F)cc4Sc4cc(F)ccc43)CC2)CC1. The van der Waals surface area contributed by atoms with E-state index in [-0.39, 0.29) is 17.7 Å². The van der Waals surface area contributed by atoms with E-state index in [1.807, 2.05) is 12.1 Å². The Bertz CT molecular complexity index is 918. The highest BCUT2D eigenvalue weighted by Gasteiger charge is 2.28. The number of benzene rings is 2. The van der Waals surface area contributed by atoms with Gasteiger partial charge in [-0.2, -0.15) is 0 Å². The average molecular weight is 428 g/mol. The van der Waals surface area contributed by atoms with Crippen LogP contribution in [0.25, 0.3) is 5.57 Å². The quantitative estimate of drug-likeness (QED) is 0.553. The molecule has 2 nitrogen and oxygen atoms in total. The Morgan fingerprint density at radius 1 is 0.867 bits per heavy atom. The van der Waals surface area contributed by atoms with E-state index in [1.165, 1.54) is 35.0 Å². The van der Waals surface area contributed by atoms with Gasteiger partial charge in [0.25, 0.3) is 0 Å². The van der Waals surface area contributed by atoms with E-state index < -0.39 is 0 Å². The summed E-state index contributed by atoms with van der Waals surface area (Å²) in [7, 11) is 0. The topological polar surface area (TPSA) is 23.5 Å². The summed E-state index contributed by atoms with van der Waals surface area (Å²) >= 11 is 1.46. The van der Waals surface area contributed by atoms with E-state index in [0.717, 1.165) is 79.1 Å². The zero-order valence-electron chi connectivity index (χ0n) is 17.0. The predicted octanol–water partition coefficient (Wildman–Crippen LogP) is 5.88. The number of hydrogen-bond donors (Lipinski definition) is 1. The van der Waals surface area contributed by atoms with Crippen LogP contribution in [-0.4, -0.2) is 35.7 Å². The van der Waals surface area contributed by atoms with E-state index in [4.69, 9.17) is 0 Å². The van der Waals surface area contributed by atoms with Crippen LogP contribution in [0, 0.1) is 17.6 Å². The van der Waals surface area contributed by atoms with Crippen molar-refractivity contribution in [3.8, 4) is 0 Å². The molecule has 0 aromatic heterocycles. The number of aliphatic hydroxyl groups is 1. The van der Waals surface area contributed by atoms with E-state index in [1.54, 1.807) is 12.1 Å². The molecule has 1 aliphatic carbocycles. The highest BCUT2D eigenvalue weighted by molar-refractivity contribution is 7.99. The summed E-state index contributed by atoms with van der Waals surface area (Å²) in [6.07, 6.45) is 6.00. The highest BCUT2D eigenvalue weighted by atomic mass is 32.2. The van der Waals surface area contributed by atoms with Crippen LogP contribution in [-0.2, 0) is 0 Å². The lowest BCUT2D eigenvalue weighted by molar-refractivity contribution is 0.0923. The van der Waals surface area contributed by atoms with E-state index in [2.05, 4.69) is 4.90 Å². The Kier molecular flexibility index (Phi) is 5.69. The van der Waals surface area contributed by atoms with Crippen molar-refractivity contribution in [1.29, 1.82) is 0 Å². The van der Waals surface area contributed by atoms with Gasteiger partial charge in [0.2, 0.25) is 0 Å². The van der Waals surface area contributed by atoms with Crippen molar-refractivity contribution in [3.05, 3.63) is 64.7 Å². The molecular weight excluding hydrogens is 400 g/mol. The number of halogens is 2. The summed E-state index contributed by atoms with van der Waals surface area (Å²) < 4.78 is 27.8. The van der Waals surface area contributed by atoms with Gasteiger partial charge in [0.05, 0.1) is 6.10 Å². The van der Waals surface area contributed by atoms with Gasteiger partial charge in [0, 0.05) is 29.4 Å². The smallest absolute Gasteiger partial charge is 0.124 e. The molecule has 158 valence electrons. The second kappa shape index (κ2) is 8.45. The first-order valence-electron chi connectivity index (χ1n) is 11.0. The molecule has 0 spiro atoms. The molecule has 2 heterocycles. The standard InChI is InChI=1S/C25H27F2NOS/c26-18-3-7-21-23(13-18)30-24-14-19(27)4-8-22(24)25(21)17-9-11-28(12-10-17)15-16-1-5-20(29)6-2-16/h3-4,7-8,13-14,16,20,29H,1-2,5-6,9-12,15H2/t16-,20-. The average Bonchev–Trinajstić information content (AvgIpc) is 2.74. The van der Waals surface area contributed by atoms with Crippen LogP contribution in [0.1, 0.15) is 49.7 Å². The molecule has 1 N–H and O–H groups in total. The van der Waals surface area contributed by atoms with Gasteiger partial charge in [0.15, 0.2) is 0 Å². The third-order valence-electron chi connectivity index (χ3n) is 6.79. The molecular formula is C25H27F2NOS. The first-order chi connectivity index (χ1) is 14.6. The van der Waals surface area contributed by atoms with Crippen LogP contribution >= 0.6 is 11.8 Å². The summed E-state index contributed by atoms with van der Waals surface area (Å²) in [6, 6.07) is 9.96. The molecule has 2 aromatic carbocycles. The largest absolute Gasteiger partial charge is 0.393 e. The lowest BCUT2D eigenvalue weighted by Crippen LogP contribution is -2.36. The van der Waals surface area contributed by atoms with E-state index in [9.17, 15) is 13.9 Å². The first-order valence-corrected chi connectivity index (χ1v) is 11.8. The molecule has 0 atom stereocenters. The molecule has 1 saturated carbocycles. The zero-order chi connectivity index (χ0) is 20.7. The minimum Gasteiger partial charge on any atom is -0.393 e. The van der Waals surface area contributed by atoms with Crippen LogP contribution in [0.3, 0.4) is 0 Å². The fraction of sp³-hybridized carbons (Fsp3) is 0.440. The Morgan fingerprint density at radius 2 is 1.43 bits per heavy atom. The van der Waals surface area contributed by atoms with Gasteiger partial charge in [-0.15, -0.1) is 0 Å². The first kappa shape index (κ1) is 20.2. The number of piperidine rings is 1. The molecule has 2 aliphatic heterocycles. The lowest BCUT2D eigenvalue weighted by Gasteiger charge is -2.35. The third-order valence-corrected chi connectivity index (χ3v) is 7.91. The maximum absolute atomic E-state index is 13.9. The van der Waals surface area contributed by atoms with Gasteiger partial charge >= 0.3 is 0 Å². The molecule has 0 radical (unpaired) electrons. The van der Waals surface area contributed by atoms with Gasteiger partial charge < -0.3 is 10.0 Å². The second-order valence-electron chi connectivity index (χ2n) is 8.84. The summed E-state index contributed by atoms with van der Waals surface area (Å²) in [6.45, 7) is 3.17. The molecule has 5 heteroatoms. The fourth-order valence-corrected chi connectivity index (χ4v) is 6.31. The van der Waals surface area contributed by atoms with Gasteiger partial charge in [-0.05, 0) is 85.4 Å². The molecule has 0 unspecified atom stereocenters. The van der Waals surface area contributed by atoms with Crippen molar-refractivity contribution >= 4 is 17.3 Å². The minimum absolute atomic E-state index is 0.0991. The summed E-state index contributed by atoms with van der Waals surface area (Å²) in [5, 5.41) is 9.74. The highest BCUT2D eigenvalue weighted by Crippen LogP contribution is 2.48.